The van der Waals surface area contributed by atoms with E-state index in [4.69, 9.17) is 4.74 Å². The van der Waals surface area contributed by atoms with Gasteiger partial charge in [-0.2, -0.15) is 0 Å². The van der Waals surface area contributed by atoms with Crippen LogP contribution in [-0.2, 0) is 19.4 Å². The van der Waals surface area contributed by atoms with Crippen molar-refractivity contribution in [1.29, 1.82) is 0 Å². The van der Waals surface area contributed by atoms with E-state index >= 15 is 0 Å². The van der Waals surface area contributed by atoms with Gasteiger partial charge in [0.05, 0.1) is 12.8 Å². The molecule has 3 rings (SSSR count). The van der Waals surface area contributed by atoms with Crippen molar-refractivity contribution in [3.63, 3.8) is 0 Å². The molecule has 0 saturated carbocycles. The van der Waals surface area contributed by atoms with Crippen LogP contribution in [0.1, 0.15) is 19.3 Å². The molecule has 2 fully saturated rings. The molecular formula is C18H26ClN3O5S. The second kappa shape index (κ2) is 8.67. The van der Waals surface area contributed by atoms with Crippen LogP contribution >= 0.6 is 12.4 Å². The Kier molecular flexibility index (Phi) is 6.95. The average molecular weight is 432 g/mol. The molecule has 8 nitrogen and oxygen atoms in total. The molecule has 2 aliphatic heterocycles. The van der Waals surface area contributed by atoms with Crippen molar-refractivity contribution in [3.8, 4) is 5.75 Å². The smallest absolute Gasteiger partial charge is 0.249 e. The van der Waals surface area contributed by atoms with Crippen LogP contribution in [0, 0.1) is 0 Å². The van der Waals surface area contributed by atoms with Crippen LogP contribution in [0.5, 0.6) is 5.75 Å². The van der Waals surface area contributed by atoms with Gasteiger partial charge >= 0.3 is 0 Å². The molecule has 2 N–H and O–H groups in total. The summed E-state index contributed by atoms with van der Waals surface area (Å²) >= 11 is 0. The maximum atomic E-state index is 12.9. The summed E-state index contributed by atoms with van der Waals surface area (Å²) in [5.41, 5.74) is 0.640. The Labute approximate surface area is 171 Å². The van der Waals surface area contributed by atoms with E-state index in [0.717, 1.165) is 6.26 Å². The second-order valence-corrected chi connectivity index (χ2v) is 9.32. The Balaban J connectivity index is 0.00000280. The lowest BCUT2D eigenvalue weighted by molar-refractivity contribution is -0.128. The molecule has 1 unspecified atom stereocenters. The highest BCUT2D eigenvalue weighted by Gasteiger charge is 2.50. The van der Waals surface area contributed by atoms with Crippen molar-refractivity contribution in [3.05, 3.63) is 24.3 Å². The molecule has 2 saturated heterocycles. The van der Waals surface area contributed by atoms with Crippen molar-refractivity contribution < 1.29 is 22.7 Å². The minimum atomic E-state index is -3.62. The summed E-state index contributed by atoms with van der Waals surface area (Å²) in [5.74, 6) is -0.263. The first-order valence-corrected chi connectivity index (χ1v) is 10.8. The quantitative estimate of drug-likeness (QED) is 0.703. The fraction of sp³-hybridized carbons (Fsp3) is 0.556. The van der Waals surface area contributed by atoms with Gasteiger partial charge in [-0.25, -0.2) is 8.42 Å². The third-order valence-electron chi connectivity index (χ3n) is 5.42. The number of nitrogens with zero attached hydrogens (tertiary/aromatic N) is 1. The number of anilines is 1. The largest absolute Gasteiger partial charge is 0.495 e. The van der Waals surface area contributed by atoms with Crippen LogP contribution in [0.2, 0.25) is 0 Å². The van der Waals surface area contributed by atoms with Gasteiger partial charge in [0.15, 0.2) is 14.6 Å². The zero-order valence-corrected chi connectivity index (χ0v) is 17.6. The first-order chi connectivity index (χ1) is 12.8. The summed E-state index contributed by atoms with van der Waals surface area (Å²) in [6, 6.07) is 6.43. The van der Waals surface area contributed by atoms with E-state index in [-0.39, 0.29) is 31.2 Å². The zero-order chi connectivity index (χ0) is 19.7. The number of benzene rings is 1. The third-order valence-corrected chi connectivity index (χ3v) is 7.43. The predicted molar refractivity (Wildman–Crippen MR) is 109 cm³/mol. The number of sulfone groups is 1. The lowest BCUT2D eigenvalue weighted by Crippen LogP contribution is -2.59. The van der Waals surface area contributed by atoms with Crippen molar-refractivity contribution in [2.75, 3.05) is 37.9 Å². The van der Waals surface area contributed by atoms with Gasteiger partial charge in [-0.15, -0.1) is 12.4 Å². The number of piperidine rings is 1. The molecule has 1 aromatic rings. The summed E-state index contributed by atoms with van der Waals surface area (Å²) in [6.45, 7) is 1.33. The van der Waals surface area contributed by atoms with Gasteiger partial charge in [0.25, 0.3) is 0 Å². The van der Waals surface area contributed by atoms with Gasteiger partial charge in [-0.3, -0.25) is 9.59 Å². The van der Waals surface area contributed by atoms with E-state index in [1.807, 2.05) is 12.1 Å². The molecule has 0 bridgehead atoms. The molecule has 1 aromatic carbocycles. The van der Waals surface area contributed by atoms with E-state index in [9.17, 15) is 18.0 Å². The average Bonchev–Trinajstić information content (AvgIpc) is 3.01. The zero-order valence-electron chi connectivity index (χ0n) is 15.9. The molecule has 28 heavy (non-hydrogen) atoms. The number of carbonyl (C=O) groups is 2. The first kappa shape index (κ1) is 22.4. The van der Waals surface area contributed by atoms with Crippen LogP contribution in [0.4, 0.5) is 5.69 Å². The number of methoxy groups -OCH3 is 1. The standard InChI is InChI=1S/C18H25N3O5S.ClH/c1-26-15-6-4-3-5-14(15)21-12-7-13(16(21)22)20-17(23)18(27(2,24)25)8-10-19-11-9-18;/h3-6,13,19H,7-12H2,1-2H3,(H,20,23);1H. The van der Waals surface area contributed by atoms with E-state index in [0.29, 0.717) is 37.5 Å². The maximum Gasteiger partial charge on any atom is 0.249 e. The van der Waals surface area contributed by atoms with Crippen LogP contribution in [0.3, 0.4) is 0 Å². The Morgan fingerprint density at radius 3 is 2.54 bits per heavy atom. The van der Waals surface area contributed by atoms with Crippen LogP contribution in [0.15, 0.2) is 24.3 Å². The fourth-order valence-corrected chi connectivity index (χ4v) is 5.13. The first-order valence-electron chi connectivity index (χ1n) is 8.96. The summed E-state index contributed by atoms with van der Waals surface area (Å²) < 4.78 is 28.6. The minimum Gasteiger partial charge on any atom is -0.495 e. The van der Waals surface area contributed by atoms with Crippen LogP contribution in [0.25, 0.3) is 0 Å². The third kappa shape index (κ3) is 3.97. The van der Waals surface area contributed by atoms with Gasteiger partial charge in [0.2, 0.25) is 11.8 Å². The summed E-state index contributed by atoms with van der Waals surface area (Å²) in [4.78, 5) is 27.3. The van der Waals surface area contributed by atoms with Gasteiger partial charge in [-0.1, -0.05) is 12.1 Å². The SMILES string of the molecule is COc1ccccc1N1CCC(NC(=O)C2(S(C)(=O)=O)CCNCC2)C1=O.Cl. The molecule has 0 radical (unpaired) electrons. The highest BCUT2D eigenvalue weighted by Crippen LogP contribution is 2.32. The number of ether oxygens (including phenoxy) is 1. The molecule has 10 heteroatoms. The van der Waals surface area contributed by atoms with E-state index in [1.165, 1.54) is 7.11 Å². The molecule has 0 aliphatic carbocycles. The van der Waals surface area contributed by atoms with Crippen molar-refractivity contribution in [2.45, 2.75) is 30.1 Å². The number of hydrogen-bond donors (Lipinski definition) is 2. The highest BCUT2D eigenvalue weighted by atomic mass is 35.5. The van der Waals surface area contributed by atoms with Gasteiger partial charge in [0.1, 0.15) is 11.8 Å². The maximum absolute atomic E-state index is 12.9. The molecule has 1 atom stereocenters. The van der Waals surface area contributed by atoms with Crippen LogP contribution in [-0.4, -0.2) is 64.0 Å². The molecule has 0 spiro atoms. The number of halogens is 1. The second-order valence-electron chi connectivity index (χ2n) is 6.99. The Morgan fingerprint density at radius 1 is 1.29 bits per heavy atom. The fourth-order valence-electron chi connectivity index (χ4n) is 3.79. The molecule has 2 amide bonds. The van der Waals surface area contributed by atoms with Crippen molar-refractivity contribution in [2.24, 2.45) is 0 Å². The predicted octanol–water partition coefficient (Wildman–Crippen LogP) is 0.505. The van der Waals surface area contributed by atoms with E-state index in [2.05, 4.69) is 10.6 Å². The number of para-hydroxylation sites is 2. The lowest BCUT2D eigenvalue weighted by atomic mass is 9.95. The lowest BCUT2D eigenvalue weighted by Gasteiger charge is -2.35. The van der Waals surface area contributed by atoms with Gasteiger partial charge in [0, 0.05) is 12.8 Å². The number of amides is 2. The number of carbonyl (C=O) groups excluding carboxylic acids is 2. The molecule has 2 aliphatic rings. The highest BCUT2D eigenvalue weighted by molar-refractivity contribution is 7.92. The monoisotopic (exact) mass is 431 g/mol. The molecule has 0 aromatic heterocycles. The van der Waals surface area contributed by atoms with E-state index in [1.54, 1.807) is 17.0 Å². The minimum absolute atomic E-state index is 0. The number of nitrogens with one attached hydrogen (secondary N) is 2. The number of rotatable bonds is 5. The normalized spacial score (nSPS) is 21.7. The van der Waals surface area contributed by atoms with Crippen molar-refractivity contribution in [1.82, 2.24) is 10.6 Å². The Bertz CT molecular complexity index is 839. The summed E-state index contributed by atoms with van der Waals surface area (Å²) in [5, 5.41) is 5.78. The Hall–Kier alpha value is -1.84. The van der Waals surface area contributed by atoms with Crippen molar-refractivity contribution >= 4 is 39.7 Å². The van der Waals surface area contributed by atoms with Gasteiger partial charge in [-0.05, 0) is 44.5 Å². The van der Waals surface area contributed by atoms with Gasteiger partial charge < -0.3 is 20.3 Å². The number of hydrogen-bond acceptors (Lipinski definition) is 6. The summed E-state index contributed by atoms with van der Waals surface area (Å²) in [6.07, 6.45) is 1.92. The van der Waals surface area contributed by atoms with Crippen LogP contribution < -0.4 is 20.3 Å². The Morgan fingerprint density at radius 2 is 1.93 bits per heavy atom. The molecule has 156 valence electrons. The molecular weight excluding hydrogens is 406 g/mol. The van der Waals surface area contributed by atoms with E-state index < -0.39 is 26.5 Å². The summed E-state index contributed by atoms with van der Waals surface area (Å²) in [7, 11) is -2.09. The molecule has 2 heterocycles. The topological polar surface area (TPSA) is 105 Å².